The maximum atomic E-state index is 12.3. The van der Waals surface area contributed by atoms with Crippen LogP contribution in [-0.2, 0) is 11.3 Å². The lowest BCUT2D eigenvalue weighted by Crippen LogP contribution is -2.13. The summed E-state index contributed by atoms with van der Waals surface area (Å²) in [6, 6.07) is 4.43. The number of esters is 1. The monoisotopic (exact) mass is 334 g/mol. The molecule has 0 aliphatic carbocycles. The molecule has 3 N–H and O–H groups in total. The van der Waals surface area contributed by atoms with Gasteiger partial charge in [-0.15, -0.1) is 0 Å². The van der Waals surface area contributed by atoms with Crippen molar-refractivity contribution in [3.05, 3.63) is 41.3 Å². The van der Waals surface area contributed by atoms with Crippen LogP contribution in [-0.4, -0.2) is 33.2 Å². The van der Waals surface area contributed by atoms with Crippen molar-refractivity contribution in [2.45, 2.75) is 6.54 Å². The van der Waals surface area contributed by atoms with Gasteiger partial charge >= 0.3 is 5.97 Å². The Hall–Kier alpha value is -3.00. The van der Waals surface area contributed by atoms with E-state index in [-0.39, 0.29) is 29.3 Å². The molecule has 0 bridgehead atoms. The number of carbonyl (C=O) groups is 2. The standard InChI is InChI=1S/C16H18N2O6/c1-21-13-6-9(16(20)23-3)5-12(14(13)22-2)18-15(19)10-4-11(7-17)24-8-10/h4-6,8H,7,17H2,1-3H3,(H,18,19). The fraction of sp³-hybridized carbons (Fsp3) is 0.250. The van der Waals surface area contributed by atoms with E-state index in [1.165, 1.54) is 45.8 Å². The molecule has 0 saturated carbocycles. The number of amides is 1. The maximum absolute atomic E-state index is 12.3. The lowest BCUT2D eigenvalue weighted by Gasteiger charge is -2.15. The van der Waals surface area contributed by atoms with Crippen LogP contribution in [0, 0.1) is 0 Å². The fourth-order valence-corrected chi connectivity index (χ4v) is 2.09. The molecule has 0 radical (unpaired) electrons. The van der Waals surface area contributed by atoms with Gasteiger partial charge in [-0.3, -0.25) is 4.79 Å². The smallest absolute Gasteiger partial charge is 0.338 e. The van der Waals surface area contributed by atoms with Crippen molar-refractivity contribution < 1.29 is 28.2 Å². The van der Waals surface area contributed by atoms with Crippen LogP contribution in [0.2, 0.25) is 0 Å². The van der Waals surface area contributed by atoms with Crippen molar-refractivity contribution in [1.29, 1.82) is 0 Å². The molecule has 128 valence electrons. The molecule has 0 atom stereocenters. The number of nitrogens with one attached hydrogen (secondary N) is 1. The number of furan rings is 1. The number of benzene rings is 1. The van der Waals surface area contributed by atoms with Gasteiger partial charge in [-0.05, 0) is 18.2 Å². The van der Waals surface area contributed by atoms with Gasteiger partial charge in [-0.2, -0.15) is 0 Å². The molecule has 0 aliphatic heterocycles. The molecular weight excluding hydrogens is 316 g/mol. The molecule has 1 amide bonds. The second-order valence-corrected chi connectivity index (χ2v) is 4.71. The third kappa shape index (κ3) is 3.49. The molecule has 1 aromatic carbocycles. The highest BCUT2D eigenvalue weighted by Crippen LogP contribution is 2.37. The molecule has 2 rings (SSSR count). The lowest BCUT2D eigenvalue weighted by molar-refractivity contribution is 0.0600. The second-order valence-electron chi connectivity index (χ2n) is 4.71. The molecule has 0 fully saturated rings. The van der Waals surface area contributed by atoms with Gasteiger partial charge in [0, 0.05) is 0 Å². The van der Waals surface area contributed by atoms with Crippen LogP contribution in [0.4, 0.5) is 5.69 Å². The summed E-state index contributed by atoms with van der Waals surface area (Å²) in [5, 5.41) is 2.66. The number of carbonyl (C=O) groups excluding carboxylic acids is 2. The summed E-state index contributed by atoms with van der Waals surface area (Å²) in [4.78, 5) is 24.1. The van der Waals surface area contributed by atoms with Crippen molar-refractivity contribution in [3.8, 4) is 11.5 Å². The first kappa shape index (κ1) is 17.4. The van der Waals surface area contributed by atoms with Crippen LogP contribution >= 0.6 is 0 Å². The minimum Gasteiger partial charge on any atom is -0.493 e. The van der Waals surface area contributed by atoms with E-state index in [1.807, 2.05) is 0 Å². The number of rotatable bonds is 6. The van der Waals surface area contributed by atoms with Crippen LogP contribution in [0.5, 0.6) is 11.5 Å². The van der Waals surface area contributed by atoms with Crippen LogP contribution in [0.15, 0.2) is 28.9 Å². The highest BCUT2D eigenvalue weighted by Gasteiger charge is 2.19. The van der Waals surface area contributed by atoms with Crippen molar-refractivity contribution in [2.75, 3.05) is 26.6 Å². The summed E-state index contributed by atoms with van der Waals surface area (Å²) in [6.45, 7) is 0.183. The quantitative estimate of drug-likeness (QED) is 0.774. The van der Waals surface area contributed by atoms with Gasteiger partial charge in [0.25, 0.3) is 5.91 Å². The minimum absolute atomic E-state index is 0.183. The Kier molecular flexibility index (Phi) is 5.43. The minimum atomic E-state index is -0.569. The van der Waals surface area contributed by atoms with E-state index in [0.717, 1.165) is 0 Å². The molecule has 0 saturated heterocycles. The molecule has 0 aliphatic rings. The number of methoxy groups -OCH3 is 3. The highest BCUT2D eigenvalue weighted by atomic mass is 16.5. The van der Waals surface area contributed by atoms with E-state index in [0.29, 0.717) is 11.3 Å². The first-order valence-electron chi connectivity index (χ1n) is 6.97. The van der Waals surface area contributed by atoms with Crippen molar-refractivity contribution >= 4 is 17.6 Å². The summed E-state index contributed by atoms with van der Waals surface area (Å²) >= 11 is 0. The molecule has 1 heterocycles. The first-order valence-corrected chi connectivity index (χ1v) is 6.97. The molecule has 2 aromatic rings. The van der Waals surface area contributed by atoms with E-state index in [9.17, 15) is 9.59 Å². The number of anilines is 1. The Morgan fingerprint density at radius 3 is 2.42 bits per heavy atom. The van der Waals surface area contributed by atoms with Crippen LogP contribution in [0.25, 0.3) is 0 Å². The van der Waals surface area contributed by atoms with Crippen molar-refractivity contribution in [2.24, 2.45) is 5.73 Å². The highest BCUT2D eigenvalue weighted by molar-refractivity contribution is 6.06. The zero-order valence-corrected chi connectivity index (χ0v) is 13.5. The molecule has 24 heavy (non-hydrogen) atoms. The number of hydrogen-bond donors (Lipinski definition) is 2. The van der Waals surface area contributed by atoms with Crippen LogP contribution < -0.4 is 20.5 Å². The van der Waals surface area contributed by atoms with E-state index in [1.54, 1.807) is 0 Å². The number of nitrogens with two attached hydrogens (primary N) is 1. The van der Waals surface area contributed by atoms with E-state index in [4.69, 9.17) is 24.4 Å². The van der Waals surface area contributed by atoms with Crippen LogP contribution in [0.1, 0.15) is 26.5 Å². The Labute approximate surface area is 138 Å². The molecular formula is C16H18N2O6. The second kappa shape index (κ2) is 7.51. The zero-order chi connectivity index (χ0) is 17.7. The Morgan fingerprint density at radius 1 is 1.12 bits per heavy atom. The lowest BCUT2D eigenvalue weighted by atomic mass is 10.1. The predicted molar refractivity (Wildman–Crippen MR) is 85.4 cm³/mol. The topological polar surface area (TPSA) is 113 Å². The summed E-state index contributed by atoms with van der Waals surface area (Å²) in [6.07, 6.45) is 1.30. The van der Waals surface area contributed by atoms with E-state index >= 15 is 0 Å². The molecule has 0 unspecified atom stereocenters. The van der Waals surface area contributed by atoms with Gasteiger partial charge in [0.05, 0.1) is 44.7 Å². The van der Waals surface area contributed by atoms with E-state index in [2.05, 4.69) is 5.32 Å². The van der Waals surface area contributed by atoms with Gasteiger partial charge < -0.3 is 29.7 Å². The number of ether oxygens (including phenoxy) is 3. The molecule has 8 nitrogen and oxygen atoms in total. The Balaban J connectivity index is 2.39. The average Bonchev–Trinajstić information content (AvgIpc) is 3.09. The van der Waals surface area contributed by atoms with Gasteiger partial charge in [0.2, 0.25) is 0 Å². The van der Waals surface area contributed by atoms with Gasteiger partial charge in [0.15, 0.2) is 11.5 Å². The molecule has 1 aromatic heterocycles. The summed E-state index contributed by atoms with van der Waals surface area (Å²) < 4.78 is 20.3. The first-order chi connectivity index (χ1) is 11.5. The Morgan fingerprint density at radius 2 is 1.88 bits per heavy atom. The third-order valence-electron chi connectivity index (χ3n) is 3.27. The largest absolute Gasteiger partial charge is 0.493 e. The number of hydrogen-bond acceptors (Lipinski definition) is 7. The summed E-state index contributed by atoms with van der Waals surface area (Å²) in [7, 11) is 4.11. The third-order valence-corrected chi connectivity index (χ3v) is 3.27. The average molecular weight is 334 g/mol. The normalized spacial score (nSPS) is 10.2. The fourth-order valence-electron chi connectivity index (χ4n) is 2.09. The zero-order valence-electron chi connectivity index (χ0n) is 13.5. The summed E-state index contributed by atoms with van der Waals surface area (Å²) in [5.74, 6) is 0.0283. The molecule has 8 heteroatoms. The Bertz CT molecular complexity index is 753. The predicted octanol–water partition coefficient (Wildman–Crippen LogP) is 1.79. The SMILES string of the molecule is COC(=O)c1cc(NC(=O)c2coc(CN)c2)c(OC)c(OC)c1. The van der Waals surface area contributed by atoms with Gasteiger partial charge in [-0.1, -0.05) is 0 Å². The van der Waals surface area contributed by atoms with Gasteiger partial charge in [-0.25, -0.2) is 4.79 Å². The van der Waals surface area contributed by atoms with E-state index < -0.39 is 11.9 Å². The van der Waals surface area contributed by atoms with Crippen molar-refractivity contribution in [3.63, 3.8) is 0 Å². The van der Waals surface area contributed by atoms with Gasteiger partial charge in [0.1, 0.15) is 12.0 Å². The maximum Gasteiger partial charge on any atom is 0.338 e. The summed E-state index contributed by atoms with van der Waals surface area (Å²) in [5.41, 5.74) is 6.22. The van der Waals surface area contributed by atoms with Crippen molar-refractivity contribution in [1.82, 2.24) is 0 Å². The van der Waals surface area contributed by atoms with Crippen LogP contribution in [0.3, 0.4) is 0 Å². The molecule has 0 spiro atoms.